The Labute approximate surface area is 335 Å². The largest absolute Gasteiger partial charge is 0.481 e. The van der Waals surface area contributed by atoms with Gasteiger partial charge in [0.2, 0.25) is 17.7 Å². The summed E-state index contributed by atoms with van der Waals surface area (Å²) in [5.41, 5.74) is 0. The van der Waals surface area contributed by atoms with Crippen LogP contribution in [0.1, 0.15) is 110 Å². The molecule has 0 aliphatic carbocycles. The van der Waals surface area contributed by atoms with Gasteiger partial charge in [-0.15, -0.1) is 0 Å². The number of carbonyl (C=O) groups excluding carboxylic acids is 6. The van der Waals surface area contributed by atoms with Gasteiger partial charge < -0.3 is 51.9 Å². The molecule has 0 radical (unpaired) electrons. The van der Waals surface area contributed by atoms with Gasteiger partial charge in [0.25, 0.3) is 0 Å². The number of carbonyl (C=O) groups is 11. The number of nitrogens with one attached hydrogen (secondary N) is 4. The maximum atomic E-state index is 12.6. The SMILES string of the molecule is CN[C@@H](CCCCNC(=O)CC[C@H](CC(=O)CC[C@H](NC(=O)CC[C@H](CC(=O)CC[C@H](NC(C)=O)C(=O)O)C(=O)O)C(=O)O)C(=O)O)C(=O)CC[C@H](C(=O)O)[C@@H](C)O. The summed E-state index contributed by atoms with van der Waals surface area (Å²) in [6.07, 6.45) is -3.64. The van der Waals surface area contributed by atoms with Crippen LogP contribution in [0.25, 0.3) is 0 Å². The summed E-state index contributed by atoms with van der Waals surface area (Å²) in [5, 5.41) is 66.4. The van der Waals surface area contributed by atoms with Crippen LogP contribution in [0, 0.1) is 17.8 Å². The molecule has 21 heteroatoms. The Bertz CT molecular complexity index is 1470. The zero-order valence-electron chi connectivity index (χ0n) is 33.0. The first-order valence-electron chi connectivity index (χ1n) is 19.0. The lowest BCUT2D eigenvalue weighted by Gasteiger charge is -2.18. The second-order valence-corrected chi connectivity index (χ2v) is 14.1. The molecule has 0 aliphatic rings. The molecule has 21 nitrogen and oxygen atoms in total. The predicted molar refractivity (Wildman–Crippen MR) is 200 cm³/mol. The van der Waals surface area contributed by atoms with Crippen LogP contribution in [0.3, 0.4) is 0 Å². The van der Waals surface area contributed by atoms with E-state index in [9.17, 15) is 78.3 Å². The molecule has 0 saturated carbocycles. The van der Waals surface area contributed by atoms with E-state index in [4.69, 9.17) is 5.11 Å². The molecule has 0 aromatic carbocycles. The lowest BCUT2D eigenvalue weighted by molar-refractivity contribution is -0.146. The van der Waals surface area contributed by atoms with Gasteiger partial charge in [0.05, 0.1) is 29.9 Å². The van der Waals surface area contributed by atoms with E-state index in [0.29, 0.717) is 19.3 Å². The summed E-state index contributed by atoms with van der Waals surface area (Å²) >= 11 is 0. The van der Waals surface area contributed by atoms with E-state index in [0.717, 1.165) is 6.92 Å². The monoisotopic (exact) mass is 830 g/mol. The molecule has 0 aliphatic heterocycles. The van der Waals surface area contributed by atoms with Crippen LogP contribution in [0.5, 0.6) is 0 Å². The Hall–Kier alpha value is -5.31. The molecule has 3 amide bonds. The number of likely N-dealkylation sites (N-methyl/N-ethyl adjacent to an activating group) is 1. The fraction of sp³-hybridized carbons (Fsp3) is 0.703. The molecule has 0 fully saturated rings. The zero-order valence-corrected chi connectivity index (χ0v) is 33.0. The van der Waals surface area contributed by atoms with Crippen molar-refractivity contribution < 1.29 is 83.4 Å². The average molecular weight is 831 g/mol. The molecule has 0 unspecified atom stereocenters. The van der Waals surface area contributed by atoms with Crippen molar-refractivity contribution in [1.82, 2.24) is 21.3 Å². The molecule has 7 atom stereocenters. The van der Waals surface area contributed by atoms with Crippen molar-refractivity contribution in [2.75, 3.05) is 13.6 Å². The third-order valence-corrected chi connectivity index (χ3v) is 9.40. The minimum Gasteiger partial charge on any atom is -0.481 e. The van der Waals surface area contributed by atoms with Crippen molar-refractivity contribution in [1.29, 1.82) is 0 Å². The Morgan fingerprint density at radius 2 is 1.00 bits per heavy atom. The van der Waals surface area contributed by atoms with E-state index < -0.39 is 133 Å². The van der Waals surface area contributed by atoms with Crippen LogP contribution < -0.4 is 21.3 Å². The van der Waals surface area contributed by atoms with E-state index in [1.54, 1.807) is 7.05 Å². The van der Waals surface area contributed by atoms with Crippen molar-refractivity contribution in [3.8, 4) is 0 Å². The van der Waals surface area contributed by atoms with Gasteiger partial charge in [-0.25, -0.2) is 9.59 Å². The third kappa shape index (κ3) is 23.0. The summed E-state index contributed by atoms with van der Waals surface area (Å²) in [5.74, 6) is -14.0. The zero-order chi connectivity index (χ0) is 44.5. The van der Waals surface area contributed by atoms with Gasteiger partial charge in [-0.3, -0.25) is 43.2 Å². The number of amides is 3. The van der Waals surface area contributed by atoms with Gasteiger partial charge in [-0.05, 0) is 65.3 Å². The molecule has 0 rings (SSSR count). The molecule has 0 aromatic heterocycles. The van der Waals surface area contributed by atoms with Crippen molar-refractivity contribution in [2.45, 2.75) is 134 Å². The number of hydrogen-bond acceptors (Lipinski definition) is 13. The first kappa shape index (κ1) is 52.7. The number of rotatable bonds is 34. The normalized spacial score (nSPS) is 14.6. The number of aliphatic carboxylic acids is 5. The average Bonchev–Trinajstić information content (AvgIpc) is 3.12. The summed E-state index contributed by atoms with van der Waals surface area (Å²) in [6.45, 7) is 2.65. The van der Waals surface area contributed by atoms with Gasteiger partial charge in [0.15, 0.2) is 0 Å². The highest BCUT2D eigenvalue weighted by atomic mass is 16.4. The number of aliphatic hydroxyl groups excluding tert-OH is 1. The summed E-state index contributed by atoms with van der Waals surface area (Å²) in [7, 11) is 1.58. The topological polar surface area (TPSA) is 357 Å². The fourth-order valence-electron chi connectivity index (χ4n) is 5.93. The van der Waals surface area contributed by atoms with Gasteiger partial charge in [-0.2, -0.15) is 0 Å². The van der Waals surface area contributed by atoms with Crippen molar-refractivity contribution in [3.05, 3.63) is 0 Å². The minimum absolute atomic E-state index is 0.0113. The predicted octanol–water partition coefficient (Wildman–Crippen LogP) is -0.109. The van der Waals surface area contributed by atoms with E-state index in [1.165, 1.54) is 6.92 Å². The lowest BCUT2D eigenvalue weighted by atomic mass is 9.93. The molecule has 0 bridgehead atoms. The highest BCUT2D eigenvalue weighted by Crippen LogP contribution is 2.18. The summed E-state index contributed by atoms with van der Waals surface area (Å²) in [4.78, 5) is 131. The Morgan fingerprint density at radius 1 is 0.517 bits per heavy atom. The van der Waals surface area contributed by atoms with Crippen LogP contribution in [0.4, 0.5) is 0 Å². The number of hydrogen-bond donors (Lipinski definition) is 10. The number of aliphatic hydroxyl groups is 1. The van der Waals surface area contributed by atoms with E-state index in [1.807, 2.05) is 0 Å². The smallest absolute Gasteiger partial charge is 0.326 e. The lowest BCUT2D eigenvalue weighted by Crippen LogP contribution is -2.41. The standard InChI is InChI=1S/C37H58N4O17/c1-20(42)26(35(53)54)11-14-30(46)27(38-3)6-4-5-17-39-31(47)15-7-22(33(49)50)18-25(45)10-13-29(37(57)58)41-32(48)16-8-23(34(51)52)19-24(44)9-12-28(36(55)56)40-21(2)43/h20,22-23,26-29,38,42H,4-19H2,1-3H3,(H,39,47)(H,40,43)(H,41,48)(H,49,50)(H,51,52)(H,53,54)(H,55,56)(H,57,58)/t20-,22-,23-,26+,27+,28+,29+/m1/s1. The molecule has 10 N–H and O–H groups in total. The molecule has 58 heavy (non-hydrogen) atoms. The summed E-state index contributed by atoms with van der Waals surface area (Å²) in [6, 6.07) is -3.49. The number of carboxylic acids is 5. The highest BCUT2D eigenvalue weighted by molar-refractivity contribution is 5.88. The third-order valence-electron chi connectivity index (χ3n) is 9.40. The van der Waals surface area contributed by atoms with Gasteiger partial charge in [-0.1, -0.05) is 0 Å². The number of ketones is 3. The van der Waals surface area contributed by atoms with Crippen LogP contribution in [-0.4, -0.2) is 133 Å². The second-order valence-electron chi connectivity index (χ2n) is 14.1. The van der Waals surface area contributed by atoms with E-state index in [-0.39, 0.29) is 57.3 Å². The molecular weight excluding hydrogens is 772 g/mol. The Balaban J connectivity index is 4.79. The quantitative estimate of drug-likeness (QED) is 0.0378. The van der Waals surface area contributed by atoms with Gasteiger partial charge >= 0.3 is 29.8 Å². The second kappa shape index (κ2) is 28.1. The highest BCUT2D eigenvalue weighted by Gasteiger charge is 2.29. The fourth-order valence-corrected chi connectivity index (χ4v) is 5.93. The molecule has 0 aromatic rings. The van der Waals surface area contributed by atoms with Crippen molar-refractivity contribution in [3.63, 3.8) is 0 Å². The van der Waals surface area contributed by atoms with Crippen molar-refractivity contribution >= 4 is 64.9 Å². The molecule has 328 valence electrons. The van der Waals surface area contributed by atoms with E-state index in [2.05, 4.69) is 21.3 Å². The first-order chi connectivity index (χ1) is 27.1. The maximum absolute atomic E-state index is 12.6. The maximum Gasteiger partial charge on any atom is 0.326 e. The van der Waals surface area contributed by atoms with Crippen LogP contribution in [0.2, 0.25) is 0 Å². The molecule has 0 saturated heterocycles. The summed E-state index contributed by atoms with van der Waals surface area (Å²) < 4.78 is 0. The van der Waals surface area contributed by atoms with Crippen molar-refractivity contribution in [2.24, 2.45) is 17.8 Å². The molecule has 0 spiro atoms. The van der Waals surface area contributed by atoms with Crippen LogP contribution in [0.15, 0.2) is 0 Å². The Kier molecular flexibility index (Phi) is 25.6. The van der Waals surface area contributed by atoms with Crippen LogP contribution >= 0.6 is 0 Å². The van der Waals surface area contributed by atoms with Gasteiger partial charge in [0.1, 0.15) is 29.4 Å². The molecule has 0 heterocycles. The number of Topliss-reactive ketones (excluding diaryl/α,β-unsaturated/α-hetero) is 3. The Morgan fingerprint density at radius 3 is 1.41 bits per heavy atom. The first-order valence-corrected chi connectivity index (χ1v) is 19.0. The van der Waals surface area contributed by atoms with Crippen LogP contribution in [-0.2, 0) is 52.7 Å². The number of unbranched alkanes of at least 4 members (excludes halogenated alkanes) is 1. The van der Waals surface area contributed by atoms with Gasteiger partial charge in [0, 0.05) is 58.4 Å². The van der Waals surface area contributed by atoms with E-state index >= 15 is 0 Å². The number of carboxylic acid groups (broad SMARTS) is 5. The molecular formula is C37H58N4O17. The minimum atomic E-state index is -1.59.